The molecule has 3 rings (SSSR count). The monoisotopic (exact) mass is 244 g/mol. The van der Waals surface area contributed by atoms with Crippen molar-refractivity contribution >= 4 is 11.2 Å². The van der Waals surface area contributed by atoms with E-state index in [0.29, 0.717) is 11.3 Å². The van der Waals surface area contributed by atoms with Crippen LogP contribution < -0.4 is 5.56 Å². The van der Waals surface area contributed by atoms with Crippen molar-refractivity contribution in [2.24, 2.45) is 7.05 Å². The van der Waals surface area contributed by atoms with Gasteiger partial charge in [0.25, 0.3) is 5.56 Å². The highest BCUT2D eigenvalue weighted by molar-refractivity contribution is 5.69. The molecular weight excluding hydrogens is 235 g/mol. The summed E-state index contributed by atoms with van der Waals surface area (Å²) in [5, 5.41) is 0. The molecule has 0 aliphatic carbocycles. The highest BCUT2D eigenvalue weighted by Crippen LogP contribution is 2.09. The predicted molar refractivity (Wildman–Crippen MR) is 64.1 cm³/mol. The SMILES string of the molecule is Cn1cnc2c(=O)n(-c3cccc(F)c3)cnc21. The molecular formula is C12H9FN4O. The van der Waals surface area contributed by atoms with Crippen molar-refractivity contribution in [2.75, 3.05) is 0 Å². The molecule has 2 aromatic heterocycles. The minimum atomic E-state index is -0.402. The number of nitrogens with zero attached hydrogens (tertiary/aromatic N) is 4. The summed E-state index contributed by atoms with van der Waals surface area (Å²) in [6, 6.07) is 5.78. The summed E-state index contributed by atoms with van der Waals surface area (Å²) in [7, 11) is 1.76. The standard InChI is InChI=1S/C12H9FN4O/c1-16-6-14-10-11(16)15-7-17(12(10)18)9-4-2-3-8(13)5-9/h2-7H,1H3. The first-order chi connectivity index (χ1) is 8.66. The lowest BCUT2D eigenvalue weighted by atomic mass is 10.3. The third kappa shape index (κ3) is 1.50. The maximum Gasteiger partial charge on any atom is 0.286 e. The Bertz CT molecular complexity index is 790. The zero-order chi connectivity index (χ0) is 12.7. The highest BCUT2D eigenvalue weighted by Gasteiger charge is 2.09. The lowest BCUT2D eigenvalue weighted by Gasteiger charge is -2.04. The fourth-order valence-corrected chi connectivity index (χ4v) is 1.82. The Hall–Kier alpha value is -2.50. The zero-order valence-electron chi connectivity index (χ0n) is 9.54. The van der Waals surface area contributed by atoms with Crippen molar-refractivity contribution in [3.63, 3.8) is 0 Å². The van der Waals surface area contributed by atoms with Crippen LogP contribution in [0.25, 0.3) is 16.9 Å². The lowest BCUT2D eigenvalue weighted by molar-refractivity contribution is 0.626. The first-order valence-electron chi connectivity index (χ1n) is 5.31. The molecule has 0 radical (unpaired) electrons. The molecule has 6 heteroatoms. The van der Waals surface area contributed by atoms with Gasteiger partial charge < -0.3 is 4.57 Å². The largest absolute Gasteiger partial charge is 0.318 e. The third-order valence-corrected chi connectivity index (χ3v) is 2.71. The summed E-state index contributed by atoms with van der Waals surface area (Å²) in [5.41, 5.74) is 0.892. The number of aryl methyl sites for hydroxylation is 1. The van der Waals surface area contributed by atoms with Crippen molar-refractivity contribution in [2.45, 2.75) is 0 Å². The number of hydrogen-bond acceptors (Lipinski definition) is 3. The summed E-state index contributed by atoms with van der Waals surface area (Å²) in [6.07, 6.45) is 2.90. The zero-order valence-corrected chi connectivity index (χ0v) is 9.54. The Morgan fingerprint density at radius 1 is 1.22 bits per heavy atom. The number of hydrogen-bond donors (Lipinski definition) is 0. The van der Waals surface area contributed by atoms with Gasteiger partial charge in [-0.15, -0.1) is 0 Å². The molecule has 0 aliphatic rings. The Morgan fingerprint density at radius 3 is 2.83 bits per heavy atom. The van der Waals surface area contributed by atoms with Gasteiger partial charge in [-0.25, -0.2) is 14.4 Å². The van der Waals surface area contributed by atoms with Crippen LogP contribution in [-0.2, 0) is 7.05 Å². The van der Waals surface area contributed by atoms with Crippen LogP contribution in [0.4, 0.5) is 4.39 Å². The van der Waals surface area contributed by atoms with Gasteiger partial charge in [-0.05, 0) is 18.2 Å². The van der Waals surface area contributed by atoms with Gasteiger partial charge in [0.2, 0.25) is 0 Å². The van der Waals surface area contributed by atoms with Crippen LogP contribution in [0.5, 0.6) is 0 Å². The molecule has 18 heavy (non-hydrogen) atoms. The Morgan fingerprint density at radius 2 is 2.06 bits per heavy atom. The molecule has 5 nitrogen and oxygen atoms in total. The molecule has 0 atom stereocenters. The van der Waals surface area contributed by atoms with Crippen molar-refractivity contribution in [3.8, 4) is 5.69 Å². The number of imidazole rings is 1. The second-order valence-corrected chi connectivity index (χ2v) is 3.93. The fraction of sp³-hybridized carbons (Fsp3) is 0.0833. The fourth-order valence-electron chi connectivity index (χ4n) is 1.82. The molecule has 0 unspecified atom stereocenters. The van der Waals surface area contributed by atoms with E-state index in [9.17, 15) is 9.18 Å². The van der Waals surface area contributed by atoms with E-state index in [-0.39, 0.29) is 11.1 Å². The van der Waals surface area contributed by atoms with E-state index in [2.05, 4.69) is 9.97 Å². The number of aromatic nitrogens is 4. The van der Waals surface area contributed by atoms with Gasteiger partial charge in [-0.3, -0.25) is 9.36 Å². The van der Waals surface area contributed by atoms with Crippen LogP contribution in [0.15, 0.2) is 41.7 Å². The molecule has 0 spiro atoms. The third-order valence-electron chi connectivity index (χ3n) is 2.71. The summed E-state index contributed by atoms with van der Waals surface area (Å²) in [5.74, 6) is -0.402. The molecule has 1 aromatic carbocycles. The van der Waals surface area contributed by atoms with E-state index in [1.54, 1.807) is 23.7 Å². The summed E-state index contributed by atoms with van der Waals surface area (Å²) in [6.45, 7) is 0. The quantitative estimate of drug-likeness (QED) is 0.647. The van der Waals surface area contributed by atoms with Crippen LogP contribution in [-0.4, -0.2) is 19.1 Å². The number of halogens is 1. The van der Waals surface area contributed by atoms with Crippen LogP contribution in [0, 0.1) is 5.82 Å². The van der Waals surface area contributed by atoms with Crippen LogP contribution in [0.2, 0.25) is 0 Å². The topological polar surface area (TPSA) is 52.7 Å². The summed E-state index contributed by atoms with van der Waals surface area (Å²) in [4.78, 5) is 20.3. The summed E-state index contributed by atoms with van der Waals surface area (Å²) >= 11 is 0. The van der Waals surface area contributed by atoms with Crippen LogP contribution in [0.3, 0.4) is 0 Å². The molecule has 0 saturated carbocycles. The van der Waals surface area contributed by atoms with Crippen LogP contribution >= 0.6 is 0 Å². The molecule has 0 fully saturated rings. The van der Waals surface area contributed by atoms with E-state index in [4.69, 9.17) is 0 Å². The normalized spacial score (nSPS) is 11.0. The molecule has 0 bridgehead atoms. The summed E-state index contributed by atoms with van der Waals surface area (Å²) < 4.78 is 16.1. The van der Waals surface area contributed by atoms with Gasteiger partial charge in [0.15, 0.2) is 11.2 Å². The second kappa shape index (κ2) is 3.76. The predicted octanol–water partition coefficient (Wildman–Crippen LogP) is 1.26. The Kier molecular flexibility index (Phi) is 2.22. The van der Waals surface area contributed by atoms with Gasteiger partial charge in [-0.2, -0.15) is 0 Å². The molecule has 90 valence electrons. The van der Waals surface area contributed by atoms with Gasteiger partial charge in [0.05, 0.1) is 12.0 Å². The van der Waals surface area contributed by atoms with Gasteiger partial charge >= 0.3 is 0 Å². The average Bonchev–Trinajstić information content (AvgIpc) is 2.73. The number of benzene rings is 1. The van der Waals surface area contributed by atoms with Crippen molar-refractivity contribution in [3.05, 3.63) is 53.1 Å². The Balaban J connectivity index is 2.31. The molecule has 0 amide bonds. The van der Waals surface area contributed by atoms with Gasteiger partial charge in [-0.1, -0.05) is 6.07 Å². The van der Waals surface area contributed by atoms with E-state index in [1.165, 1.54) is 29.4 Å². The number of fused-ring (bicyclic) bond motifs is 1. The first kappa shape index (κ1) is 10.6. The molecule has 0 N–H and O–H groups in total. The molecule has 0 aliphatic heterocycles. The Labute approximate surface area is 101 Å². The average molecular weight is 244 g/mol. The van der Waals surface area contributed by atoms with Crippen molar-refractivity contribution < 1.29 is 4.39 Å². The minimum absolute atomic E-state index is 0.268. The number of rotatable bonds is 1. The van der Waals surface area contributed by atoms with E-state index in [0.717, 1.165) is 0 Å². The first-order valence-corrected chi connectivity index (χ1v) is 5.31. The van der Waals surface area contributed by atoms with E-state index >= 15 is 0 Å². The lowest BCUT2D eigenvalue weighted by Crippen LogP contribution is -2.19. The smallest absolute Gasteiger partial charge is 0.286 e. The molecule has 3 aromatic rings. The highest BCUT2D eigenvalue weighted by atomic mass is 19.1. The van der Waals surface area contributed by atoms with Gasteiger partial charge in [0.1, 0.15) is 12.1 Å². The van der Waals surface area contributed by atoms with E-state index < -0.39 is 5.82 Å². The molecule has 0 saturated heterocycles. The minimum Gasteiger partial charge on any atom is -0.318 e. The second-order valence-electron chi connectivity index (χ2n) is 3.93. The van der Waals surface area contributed by atoms with Crippen molar-refractivity contribution in [1.82, 2.24) is 19.1 Å². The molecule has 2 heterocycles. The maximum atomic E-state index is 13.1. The van der Waals surface area contributed by atoms with E-state index in [1.807, 2.05) is 0 Å². The van der Waals surface area contributed by atoms with Crippen molar-refractivity contribution in [1.29, 1.82) is 0 Å². The van der Waals surface area contributed by atoms with Crippen LogP contribution in [0.1, 0.15) is 0 Å². The maximum absolute atomic E-state index is 13.1. The van der Waals surface area contributed by atoms with Gasteiger partial charge in [0, 0.05) is 7.05 Å².